The lowest BCUT2D eigenvalue weighted by atomic mass is 10.0. The van der Waals surface area contributed by atoms with Gasteiger partial charge < -0.3 is 20.4 Å². The number of aromatic nitrogens is 2. The van der Waals surface area contributed by atoms with Gasteiger partial charge in [-0.2, -0.15) is 0 Å². The number of carbonyl (C=O) groups is 1. The Morgan fingerprint density at radius 3 is 2.59 bits per heavy atom. The fourth-order valence-corrected chi connectivity index (χ4v) is 3.72. The highest BCUT2D eigenvalue weighted by Crippen LogP contribution is 2.23. The van der Waals surface area contributed by atoms with Crippen molar-refractivity contribution >= 4 is 45.0 Å². The quantitative estimate of drug-likeness (QED) is 0.330. The van der Waals surface area contributed by atoms with Gasteiger partial charge in [0.05, 0.1) is 24.6 Å². The molecule has 1 amide bonds. The van der Waals surface area contributed by atoms with Crippen LogP contribution >= 0.6 is 0 Å². The number of nitrogens with one attached hydrogen (secondary N) is 3. The van der Waals surface area contributed by atoms with E-state index >= 15 is 0 Å². The van der Waals surface area contributed by atoms with Crippen LogP contribution in [0, 0.1) is 0 Å². The summed E-state index contributed by atoms with van der Waals surface area (Å²) in [7, 11) is 1.65. The first kappa shape index (κ1) is 19.6. The molecular weight excluding hydrogens is 400 g/mol. The van der Waals surface area contributed by atoms with Gasteiger partial charge in [-0.1, -0.05) is 42.5 Å². The SMILES string of the molecule is COc1ccc2cc(CC(=O)Nc3cccc(Nc4nc5ccccc5[nH]4)c3)ccc2c1. The third-order valence-electron chi connectivity index (χ3n) is 5.27. The van der Waals surface area contributed by atoms with Gasteiger partial charge in [0, 0.05) is 11.4 Å². The van der Waals surface area contributed by atoms with Crippen LogP contribution in [0.1, 0.15) is 5.56 Å². The fourth-order valence-electron chi connectivity index (χ4n) is 3.72. The average molecular weight is 422 g/mol. The summed E-state index contributed by atoms with van der Waals surface area (Å²) in [6.45, 7) is 0. The van der Waals surface area contributed by atoms with Gasteiger partial charge in [-0.05, 0) is 58.8 Å². The third-order valence-corrected chi connectivity index (χ3v) is 5.27. The molecular formula is C26H22N4O2. The van der Waals surface area contributed by atoms with Crippen LogP contribution in [0.5, 0.6) is 5.75 Å². The lowest BCUT2D eigenvalue weighted by molar-refractivity contribution is -0.115. The monoisotopic (exact) mass is 422 g/mol. The molecule has 158 valence electrons. The number of anilines is 3. The summed E-state index contributed by atoms with van der Waals surface area (Å²) in [5.41, 5.74) is 4.38. The molecule has 1 heterocycles. The number of fused-ring (bicyclic) bond motifs is 2. The molecule has 0 saturated heterocycles. The summed E-state index contributed by atoms with van der Waals surface area (Å²) in [6, 6.07) is 27.4. The predicted molar refractivity (Wildman–Crippen MR) is 129 cm³/mol. The molecule has 3 N–H and O–H groups in total. The standard InChI is InChI=1S/C26H22N4O2/c1-32-22-12-11-18-13-17(9-10-19(18)15-22)14-25(31)27-20-5-4-6-21(16-20)28-26-29-23-7-2-3-8-24(23)30-26/h2-13,15-16H,14H2,1H3,(H,27,31)(H2,28,29,30). The van der Waals surface area contributed by atoms with Crippen molar-refractivity contribution in [3.8, 4) is 5.75 Å². The molecule has 1 aromatic heterocycles. The zero-order valence-electron chi connectivity index (χ0n) is 17.6. The lowest BCUT2D eigenvalue weighted by Gasteiger charge is -2.09. The number of benzene rings is 4. The van der Waals surface area contributed by atoms with Crippen molar-refractivity contribution in [1.29, 1.82) is 0 Å². The van der Waals surface area contributed by atoms with Crippen molar-refractivity contribution in [3.63, 3.8) is 0 Å². The number of imidazole rings is 1. The Morgan fingerprint density at radius 1 is 0.906 bits per heavy atom. The largest absolute Gasteiger partial charge is 0.497 e. The average Bonchev–Trinajstić information content (AvgIpc) is 3.21. The molecule has 0 unspecified atom stereocenters. The van der Waals surface area contributed by atoms with E-state index in [1.54, 1.807) is 7.11 Å². The number of methoxy groups -OCH3 is 1. The summed E-state index contributed by atoms with van der Waals surface area (Å²) < 4.78 is 5.27. The number of aromatic amines is 1. The molecule has 0 spiro atoms. The molecule has 0 bridgehead atoms. The van der Waals surface area contributed by atoms with E-state index in [0.717, 1.165) is 44.5 Å². The maximum absolute atomic E-state index is 12.6. The molecule has 0 aliphatic heterocycles. The molecule has 0 saturated carbocycles. The second-order valence-corrected chi connectivity index (χ2v) is 7.58. The van der Waals surface area contributed by atoms with Crippen molar-refractivity contribution in [1.82, 2.24) is 9.97 Å². The Bertz CT molecular complexity index is 1390. The minimum atomic E-state index is -0.0706. The van der Waals surface area contributed by atoms with E-state index in [2.05, 4.69) is 20.6 Å². The van der Waals surface area contributed by atoms with Gasteiger partial charge in [-0.25, -0.2) is 4.98 Å². The highest BCUT2D eigenvalue weighted by Gasteiger charge is 2.07. The summed E-state index contributed by atoms with van der Waals surface area (Å²) in [4.78, 5) is 20.4. The third kappa shape index (κ3) is 4.25. The van der Waals surface area contributed by atoms with Gasteiger partial charge in [0.2, 0.25) is 11.9 Å². The van der Waals surface area contributed by atoms with E-state index in [1.165, 1.54) is 0 Å². The predicted octanol–water partition coefficient (Wildman–Crippen LogP) is 5.65. The van der Waals surface area contributed by atoms with Crippen molar-refractivity contribution in [2.24, 2.45) is 0 Å². The molecule has 0 atom stereocenters. The van der Waals surface area contributed by atoms with E-state index in [-0.39, 0.29) is 5.91 Å². The van der Waals surface area contributed by atoms with E-state index in [4.69, 9.17) is 4.74 Å². The van der Waals surface area contributed by atoms with E-state index in [1.807, 2.05) is 84.9 Å². The van der Waals surface area contributed by atoms with Crippen molar-refractivity contribution in [2.45, 2.75) is 6.42 Å². The zero-order valence-corrected chi connectivity index (χ0v) is 17.6. The molecule has 5 rings (SSSR count). The van der Waals surface area contributed by atoms with Crippen molar-refractivity contribution in [2.75, 3.05) is 17.7 Å². The number of nitrogens with zero attached hydrogens (tertiary/aromatic N) is 1. The Kier molecular flexibility index (Phi) is 5.17. The Morgan fingerprint density at radius 2 is 1.72 bits per heavy atom. The second-order valence-electron chi connectivity index (χ2n) is 7.58. The molecule has 0 aliphatic carbocycles. The summed E-state index contributed by atoms with van der Waals surface area (Å²) >= 11 is 0. The van der Waals surface area contributed by atoms with Gasteiger partial charge in [-0.15, -0.1) is 0 Å². The topological polar surface area (TPSA) is 79.0 Å². The van der Waals surface area contributed by atoms with Crippen LogP contribution in [-0.2, 0) is 11.2 Å². The number of rotatable bonds is 6. The zero-order chi connectivity index (χ0) is 21.9. The highest BCUT2D eigenvalue weighted by molar-refractivity contribution is 5.94. The van der Waals surface area contributed by atoms with E-state index in [0.29, 0.717) is 12.4 Å². The molecule has 4 aromatic carbocycles. The molecule has 0 fully saturated rings. The second kappa shape index (κ2) is 8.43. The van der Waals surface area contributed by atoms with Crippen LogP contribution in [0.25, 0.3) is 21.8 Å². The summed E-state index contributed by atoms with van der Waals surface area (Å²) in [5.74, 6) is 1.40. The first-order chi connectivity index (χ1) is 15.7. The van der Waals surface area contributed by atoms with E-state index in [9.17, 15) is 4.79 Å². The summed E-state index contributed by atoms with van der Waals surface area (Å²) in [5, 5.41) is 8.40. The van der Waals surface area contributed by atoms with Crippen molar-refractivity contribution in [3.05, 3.63) is 90.5 Å². The van der Waals surface area contributed by atoms with Crippen LogP contribution in [0.2, 0.25) is 0 Å². The maximum Gasteiger partial charge on any atom is 0.228 e. The van der Waals surface area contributed by atoms with Gasteiger partial charge >= 0.3 is 0 Å². The Balaban J connectivity index is 1.26. The number of hydrogen-bond donors (Lipinski definition) is 3. The lowest BCUT2D eigenvalue weighted by Crippen LogP contribution is -2.14. The van der Waals surface area contributed by atoms with Crippen LogP contribution in [0.3, 0.4) is 0 Å². The molecule has 32 heavy (non-hydrogen) atoms. The summed E-state index contributed by atoms with van der Waals surface area (Å²) in [6.07, 6.45) is 0.295. The number of ether oxygens (including phenoxy) is 1. The Labute approximate surface area is 185 Å². The molecule has 5 aromatic rings. The van der Waals surface area contributed by atoms with Crippen LogP contribution in [0.4, 0.5) is 17.3 Å². The Hall–Kier alpha value is -4.32. The van der Waals surface area contributed by atoms with Gasteiger partial charge in [-0.3, -0.25) is 4.79 Å². The minimum Gasteiger partial charge on any atom is -0.497 e. The first-order valence-electron chi connectivity index (χ1n) is 10.3. The molecule has 6 nitrogen and oxygen atoms in total. The number of hydrogen-bond acceptors (Lipinski definition) is 4. The highest BCUT2D eigenvalue weighted by atomic mass is 16.5. The number of para-hydroxylation sites is 2. The first-order valence-corrected chi connectivity index (χ1v) is 10.3. The fraction of sp³-hybridized carbons (Fsp3) is 0.0769. The van der Waals surface area contributed by atoms with Gasteiger partial charge in [0.1, 0.15) is 5.75 Å². The van der Waals surface area contributed by atoms with E-state index < -0.39 is 0 Å². The molecule has 6 heteroatoms. The smallest absolute Gasteiger partial charge is 0.228 e. The van der Waals surface area contributed by atoms with Crippen LogP contribution < -0.4 is 15.4 Å². The number of amides is 1. The van der Waals surface area contributed by atoms with Crippen LogP contribution in [-0.4, -0.2) is 23.0 Å². The van der Waals surface area contributed by atoms with Crippen LogP contribution in [0.15, 0.2) is 84.9 Å². The maximum atomic E-state index is 12.6. The minimum absolute atomic E-state index is 0.0706. The van der Waals surface area contributed by atoms with Crippen molar-refractivity contribution < 1.29 is 9.53 Å². The van der Waals surface area contributed by atoms with Gasteiger partial charge in [0.15, 0.2) is 0 Å². The molecule has 0 aliphatic rings. The normalized spacial score (nSPS) is 10.9. The number of carbonyl (C=O) groups excluding carboxylic acids is 1. The van der Waals surface area contributed by atoms with Gasteiger partial charge in [0.25, 0.3) is 0 Å². The number of H-pyrrole nitrogens is 1. The molecule has 0 radical (unpaired) electrons.